The molecule has 1 aromatic heterocycles. The fourth-order valence-corrected chi connectivity index (χ4v) is 3.61. The van der Waals surface area contributed by atoms with Crippen molar-refractivity contribution >= 4 is 34.5 Å². The Morgan fingerprint density at radius 1 is 1.32 bits per heavy atom. The molecule has 0 saturated heterocycles. The van der Waals surface area contributed by atoms with Crippen molar-refractivity contribution in [1.82, 2.24) is 4.98 Å². The Labute approximate surface area is 168 Å². The van der Waals surface area contributed by atoms with Crippen LogP contribution in [0.3, 0.4) is 0 Å². The quantitative estimate of drug-likeness (QED) is 0.564. The number of hydrogen-bond acceptors (Lipinski definition) is 5. The molecule has 0 bridgehead atoms. The standard InChI is InChI=1S/C19H16ClFN2O4S/c1-27-15-5-2-10(7-16-18(25)23-19(26)28-16)6-11(15)8-17(24)22-14-4-3-12(20)9-13(14)21/h2-6,9,25H,7-8H2,1H3,(H,22,24)(H,23,26). The number of carbonyl (C=O) groups excluding carboxylic acids is 1. The predicted molar refractivity (Wildman–Crippen MR) is 106 cm³/mol. The van der Waals surface area contributed by atoms with Crippen LogP contribution in [0.1, 0.15) is 16.0 Å². The predicted octanol–water partition coefficient (Wildman–Crippen LogP) is 3.72. The van der Waals surface area contributed by atoms with Gasteiger partial charge in [0.05, 0.1) is 24.1 Å². The molecule has 3 rings (SSSR count). The van der Waals surface area contributed by atoms with Crippen LogP contribution in [0.5, 0.6) is 11.6 Å². The van der Waals surface area contributed by atoms with Gasteiger partial charge in [0.1, 0.15) is 11.6 Å². The first-order valence-corrected chi connectivity index (χ1v) is 9.37. The maximum atomic E-state index is 13.9. The van der Waals surface area contributed by atoms with Crippen LogP contribution in [-0.2, 0) is 17.6 Å². The van der Waals surface area contributed by atoms with E-state index in [-0.39, 0.29) is 27.9 Å². The molecule has 0 aliphatic carbocycles. The molecule has 0 fully saturated rings. The zero-order chi connectivity index (χ0) is 20.3. The van der Waals surface area contributed by atoms with E-state index < -0.39 is 11.7 Å². The van der Waals surface area contributed by atoms with Crippen LogP contribution in [0.4, 0.5) is 10.1 Å². The van der Waals surface area contributed by atoms with E-state index in [1.165, 1.54) is 19.2 Å². The van der Waals surface area contributed by atoms with Gasteiger partial charge in [-0.3, -0.25) is 14.6 Å². The topological polar surface area (TPSA) is 91.4 Å². The average Bonchev–Trinajstić information content (AvgIpc) is 2.95. The number of methoxy groups -OCH3 is 1. The summed E-state index contributed by atoms with van der Waals surface area (Å²) in [6.45, 7) is 0. The van der Waals surface area contributed by atoms with Gasteiger partial charge in [0, 0.05) is 17.0 Å². The highest BCUT2D eigenvalue weighted by molar-refractivity contribution is 7.09. The molecule has 9 heteroatoms. The normalized spacial score (nSPS) is 10.7. The molecule has 2 aromatic carbocycles. The second-order valence-electron chi connectivity index (χ2n) is 5.96. The summed E-state index contributed by atoms with van der Waals surface area (Å²) in [6.07, 6.45) is 0.272. The number of benzene rings is 2. The Morgan fingerprint density at radius 3 is 2.75 bits per heavy atom. The number of aromatic nitrogens is 1. The molecule has 3 N–H and O–H groups in total. The molecule has 3 aromatic rings. The Morgan fingerprint density at radius 2 is 2.11 bits per heavy atom. The first-order chi connectivity index (χ1) is 13.4. The number of ether oxygens (including phenoxy) is 1. The summed E-state index contributed by atoms with van der Waals surface area (Å²) in [5, 5.41) is 12.5. The SMILES string of the molecule is COc1ccc(Cc2sc(=O)[nH]c2O)cc1CC(=O)Nc1ccc(Cl)cc1F. The average molecular weight is 423 g/mol. The number of aromatic amines is 1. The highest BCUT2D eigenvalue weighted by Crippen LogP contribution is 2.26. The Bertz CT molecular complexity index is 1080. The largest absolute Gasteiger partial charge is 0.496 e. The molecule has 0 radical (unpaired) electrons. The van der Waals surface area contributed by atoms with Gasteiger partial charge in [-0.25, -0.2) is 4.39 Å². The van der Waals surface area contributed by atoms with Crippen molar-refractivity contribution in [2.45, 2.75) is 12.8 Å². The number of amides is 1. The smallest absolute Gasteiger partial charge is 0.307 e. The van der Waals surface area contributed by atoms with Crippen LogP contribution >= 0.6 is 22.9 Å². The number of H-pyrrole nitrogens is 1. The van der Waals surface area contributed by atoms with Crippen LogP contribution in [0, 0.1) is 5.82 Å². The van der Waals surface area contributed by atoms with Crippen LogP contribution in [0.15, 0.2) is 41.2 Å². The lowest BCUT2D eigenvalue weighted by Crippen LogP contribution is -2.16. The van der Waals surface area contributed by atoms with Crippen LogP contribution in [-0.4, -0.2) is 23.1 Å². The van der Waals surface area contributed by atoms with Crippen molar-refractivity contribution in [2.75, 3.05) is 12.4 Å². The minimum atomic E-state index is -0.626. The van der Waals surface area contributed by atoms with Crippen molar-refractivity contribution in [2.24, 2.45) is 0 Å². The number of halogens is 2. The summed E-state index contributed by atoms with van der Waals surface area (Å²) in [6, 6.07) is 9.22. The number of aromatic hydroxyl groups is 1. The zero-order valence-corrected chi connectivity index (χ0v) is 16.3. The lowest BCUT2D eigenvalue weighted by molar-refractivity contribution is -0.115. The van der Waals surface area contributed by atoms with Gasteiger partial charge in [0.25, 0.3) is 0 Å². The summed E-state index contributed by atoms with van der Waals surface area (Å²) in [5.74, 6) is -0.712. The first-order valence-electron chi connectivity index (χ1n) is 8.17. The monoisotopic (exact) mass is 422 g/mol. The van der Waals surface area contributed by atoms with Crippen LogP contribution in [0.2, 0.25) is 5.02 Å². The van der Waals surface area contributed by atoms with Gasteiger partial charge in [0.15, 0.2) is 0 Å². The van der Waals surface area contributed by atoms with E-state index in [1.54, 1.807) is 18.2 Å². The summed E-state index contributed by atoms with van der Waals surface area (Å²) in [5.41, 5.74) is 1.41. The van der Waals surface area contributed by atoms with Crippen molar-refractivity contribution in [3.05, 3.63) is 72.9 Å². The summed E-state index contributed by atoms with van der Waals surface area (Å²) in [4.78, 5) is 26.2. The van der Waals surface area contributed by atoms with Gasteiger partial charge >= 0.3 is 4.87 Å². The lowest BCUT2D eigenvalue weighted by atomic mass is 10.0. The highest BCUT2D eigenvalue weighted by atomic mass is 35.5. The van der Waals surface area contributed by atoms with Crippen molar-refractivity contribution < 1.29 is 19.0 Å². The second-order valence-corrected chi connectivity index (χ2v) is 7.46. The number of thiazole rings is 1. The van der Waals surface area contributed by atoms with Crippen LogP contribution < -0.4 is 14.9 Å². The Balaban J connectivity index is 1.78. The third kappa shape index (κ3) is 4.71. The van der Waals surface area contributed by atoms with E-state index in [0.29, 0.717) is 22.6 Å². The van der Waals surface area contributed by atoms with E-state index in [9.17, 15) is 19.1 Å². The molecule has 0 spiro atoms. The molecule has 146 valence electrons. The molecule has 0 unspecified atom stereocenters. The van der Waals surface area contributed by atoms with Gasteiger partial charge in [-0.2, -0.15) is 0 Å². The van der Waals surface area contributed by atoms with Gasteiger partial charge in [-0.15, -0.1) is 0 Å². The van der Waals surface area contributed by atoms with E-state index in [1.807, 2.05) is 0 Å². The summed E-state index contributed by atoms with van der Waals surface area (Å²) in [7, 11) is 1.49. The third-order valence-corrected chi connectivity index (χ3v) is 5.07. The maximum absolute atomic E-state index is 13.9. The minimum absolute atomic E-state index is 0.0338. The summed E-state index contributed by atoms with van der Waals surface area (Å²) >= 11 is 6.63. The highest BCUT2D eigenvalue weighted by Gasteiger charge is 2.14. The van der Waals surface area contributed by atoms with Gasteiger partial charge in [-0.1, -0.05) is 35.1 Å². The Hall–Kier alpha value is -2.84. The van der Waals surface area contributed by atoms with E-state index in [2.05, 4.69) is 10.3 Å². The van der Waals surface area contributed by atoms with Crippen molar-refractivity contribution in [1.29, 1.82) is 0 Å². The fraction of sp³-hybridized carbons (Fsp3) is 0.158. The van der Waals surface area contributed by atoms with Crippen LogP contribution in [0.25, 0.3) is 0 Å². The maximum Gasteiger partial charge on any atom is 0.307 e. The van der Waals surface area contributed by atoms with Gasteiger partial charge < -0.3 is 15.2 Å². The number of hydrogen-bond donors (Lipinski definition) is 3. The molecule has 0 saturated carbocycles. The van der Waals surface area contributed by atoms with E-state index in [0.717, 1.165) is 23.0 Å². The van der Waals surface area contributed by atoms with Crippen molar-refractivity contribution in [3.63, 3.8) is 0 Å². The van der Waals surface area contributed by atoms with E-state index in [4.69, 9.17) is 16.3 Å². The van der Waals surface area contributed by atoms with E-state index >= 15 is 0 Å². The molecule has 0 atom stereocenters. The zero-order valence-electron chi connectivity index (χ0n) is 14.7. The van der Waals surface area contributed by atoms with Gasteiger partial charge in [0.2, 0.25) is 11.8 Å². The molecule has 0 aliphatic rings. The molecule has 28 heavy (non-hydrogen) atoms. The minimum Gasteiger partial charge on any atom is -0.496 e. The Kier molecular flexibility index (Phi) is 6.01. The molecular formula is C19H16ClFN2O4S. The van der Waals surface area contributed by atoms with Crippen molar-refractivity contribution in [3.8, 4) is 11.6 Å². The molecule has 1 heterocycles. The number of carbonyl (C=O) groups is 1. The fourth-order valence-electron chi connectivity index (χ4n) is 2.70. The summed E-state index contributed by atoms with van der Waals surface area (Å²) < 4.78 is 19.2. The lowest BCUT2D eigenvalue weighted by Gasteiger charge is -2.12. The second kappa shape index (κ2) is 8.45. The molecule has 0 aliphatic heterocycles. The molecule has 6 nitrogen and oxygen atoms in total. The molecular weight excluding hydrogens is 407 g/mol. The number of nitrogens with one attached hydrogen (secondary N) is 2. The first kappa shape index (κ1) is 19.9. The third-order valence-electron chi connectivity index (χ3n) is 3.97. The number of anilines is 1. The van der Waals surface area contributed by atoms with Gasteiger partial charge in [-0.05, 0) is 29.8 Å². The number of rotatable bonds is 6. The molecule has 1 amide bonds.